The molecule has 2 heterocycles. The number of rotatable bonds is 3. The normalized spacial score (nSPS) is 16.9. The smallest absolute Gasteiger partial charge is 0.311 e. The van der Waals surface area contributed by atoms with Crippen LogP contribution in [0.1, 0.15) is 0 Å². The average Bonchev–Trinajstić information content (AvgIpc) is 2.73. The number of fused-ring (bicyclic) bond motifs is 1. The molecule has 1 aromatic rings. The van der Waals surface area contributed by atoms with E-state index in [0.29, 0.717) is 0 Å². The Hall–Kier alpha value is 0.700. The van der Waals surface area contributed by atoms with Gasteiger partial charge in [0.05, 0.1) is 8.42 Å². The molecule has 0 saturated carbocycles. The van der Waals surface area contributed by atoms with Crippen molar-refractivity contribution in [2.75, 3.05) is 14.2 Å². The third-order valence-corrected chi connectivity index (χ3v) is 10.4. The Kier molecular flexibility index (Phi) is 3.67. The second-order valence-electron chi connectivity index (χ2n) is 2.48. The number of hydrogen-bond donors (Lipinski definition) is 0. The van der Waals surface area contributed by atoms with Crippen LogP contribution in [-0.4, -0.2) is 18.5 Å². The van der Waals surface area contributed by atoms with Gasteiger partial charge in [0.1, 0.15) is 0 Å². The molecule has 2 rings (SSSR count). The zero-order valence-corrected chi connectivity index (χ0v) is 12.0. The van der Waals surface area contributed by atoms with Gasteiger partial charge in [-0.3, -0.25) is 9.36 Å². The first-order valence-corrected chi connectivity index (χ1v) is 8.78. The van der Waals surface area contributed by atoms with Crippen LogP contribution < -0.4 is 4.06 Å². The van der Waals surface area contributed by atoms with Gasteiger partial charge < -0.3 is 9.05 Å². The summed E-state index contributed by atoms with van der Waals surface area (Å²) in [5.41, 5.74) is 0. The zero-order chi connectivity index (χ0) is 11.1. The molecule has 0 bridgehead atoms. The van der Waals surface area contributed by atoms with Crippen LogP contribution in [-0.2, 0) is 13.6 Å². The summed E-state index contributed by atoms with van der Waals surface area (Å²) >= 11 is 5.16. The molecule has 0 fully saturated rings. The van der Waals surface area contributed by atoms with E-state index < -0.39 is 7.60 Å². The fraction of sp³-hybridized carbons (Fsp3) is 0.500. The molecule has 0 aromatic carbocycles. The summed E-state index contributed by atoms with van der Waals surface area (Å²) in [5, 5.41) is 0. The van der Waals surface area contributed by atoms with Gasteiger partial charge in [0.15, 0.2) is 4.32 Å². The van der Waals surface area contributed by atoms with Gasteiger partial charge in [-0.05, 0) is 0 Å². The maximum Gasteiger partial charge on any atom is 0.353 e. The lowest BCUT2D eigenvalue weighted by Crippen LogP contribution is -1.99. The van der Waals surface area contributed by atoms with Gasteiger partial charge in [-0.25, -0.2) is 0 Å². The van der Waals surface area contributed by atoms with Crippen molar-refractivity contribution in [1.82, 2.24) is 0 Å². The van der Waals surface area contributed by atoms with Crippen LogP contribution in [0.5, 0.6) is 0 Å². The summed E-state index contributed by atoms with van der Waals surface area (Å²) in [6.07, 6.45) is 0. The Bertz CT molecular complexity index is 431. The van der Waals surface area contributed by atoms with E-state index in [9.17, 15) is 9.36 Å². The van der Waals surface area contributed by atoms with Crippen molar-refractivity contribution in [1.29, 1.82) is 0 Å². The minimum atomic E-state index is -3.06. The topological polar surface area (TPSA) is 52.6 Å². The van der Waals surface area contributed by atoms with Gasteiger partial charge in [0, 0.05) is 14.2 Å². The maximum atomic E-state index is 12.0. The lowest BCUT2D eigenvalue weighted by Gasteiger charge is -2.17. The Labute approximate surface area is 103 Å². The van der Waals surface area contributed by atoms with Crippen molar-refractivity contribution in [2.24, 2.45) is 0 Å². The van der Waals surface area contributed by atoms with Crippen LogP contribution >= 0.6 is 53.8 Å². The van der Waals surface area contributed by atoms with Crippen molar-refractivity contribution >= 4 is 53.8 Å². The van der Waals surface area contributed by atoms with Crippen LogP contribution in [0.25, 0.3) is 0 Å². The van der Waals surface area contributed by atoms with E-state index in [1.165, 1.54) is 60.4 Å². The molecular weight excluding hydrogens is 295 g/mol. The third kappa shape index (κ3) is 2.22. The Morgan fingerprint density at radius 1 is 1.13 bits per heavy atom. The van der Waals surface area contributed by atoms with Crippen LogP contribution in [0.2, 0.25) is 0 Å². The van der Waals surface area contributed by atoms with Gasteiger partial charge >= 0.3 is 7.60 Å². The SMILES string of the molecule is COP(=O)(OC)C1Sc2sc(=O)sc2S1. The van der Waals surface area contributed by atoms with E-state index >= 15 is 0 Å². The summed E-state index contributed by atoms with van der Waals surface area (Å²) in [7, 11) is -0.306. The van der Waals surface area contributed by atoms with E-state index in [-0.39, 0.29) is 8.38 Å². The molecule has 0 saturated heterocycles. The highest BCUT2D eigenvalue weighted by atomic mass is 32.2. The minimum absolute atomic E-state index is 0.0723. The molecule has 0 unspecified atom stereocenters. The van der Waals surface area contributed by atoms with Crippen LogP contribution in [0.3, 0.4) is 0 Å². The Morgan fingerprint density at radius 3 is 2.00 bits per heavy atom. The first-order valence-electron chi connectivity index (χ1n) is 3.77. The highest BCUT2D eigenvalue weighted by Gasteiger charge is 2.42. The van der Waals surface area contributed by atoms with Gasteiger partial charge in [0.2, 0.25) is 0 Å². The largest absolute Gasteiger partial charge is 0.353 e. The molecule has 0 N–H and O–H groups in total. The van der Waals surface area contributed by atoms with E-state index in [0.717, 1.165) is 8.42 Å². The average molecular weight is 302 g/mol. The van der Waals surface area contributed by atoms with Gasteiger partial charge in [-0.2, -0.15) is 0 Å². The van der Waals surface area contributed by atoms with Crippen molar-refractivity contribution in [3.8, 4) is 0 Å². The molecular formula is C6H7O4PS4. The fourth-order valence-electron chi connectivity index (χ4n) is 0.983. The predicted molar refractivity (Wildman–Crippen MR) is 65.6 cm³/mol. The number of hydrogen-bond acceptors (Lipinski definition) is 8. The monoisotopic (exact) mass is 302 g/mol. The zero-order valence-electron chi connectivity index (χ0n) is 7.79. The molecule has 0 radical (unpaired) electrons. The maximum absolute atomic E-state index is 12.0. The molecule has 84 valence electrons. The first kappa shape index (κ1) is 12.2. The van der Waals surface area contributed by atoms with Crippen molar-refractivity contribution in [2.45, 2.75) is 12.7 Å². The highest BCUT2D eigenvalue weighted by Crippen LogP contribution is 2.68. The van der Waals surface area contributed by atoms with Gasteiger partial charge in [-0.15, -0.1) is 0 Å². The minimum Gasteiger partial charge on any atom is -0.311 e. The molecule has 0 aliphatic carbocycles. The van der Waals surface area contributed by atoms with Crippen molar-refractivity contribution in [3.05, 3.63) is 8.85 Å². The summed E-state index contributed by atoms with van der Waals surface area (Å²) in [4.78, 5) is 11.1. The lowest BCUT2D eigenvalue weighted by molar-refractivity contribution is 0.279. The molecule has 0 amide bonds. The molecule has 0 spiro atoms. The molecule has 1 aromatic heterocycles. The van der Waals surface area contributed by atoms with E-state index in [2.05, 4.69) is 0 Å². The van der Waals surface area contributed by atoms with E-state index in [4.69, 9.17) is 9.05 Å². The second-order valence-corrected chi connectivity index (χ2v) is 10.8. The molecule has 4 nitrogen and oxygen atoms in total. The Morgan fingerprint density at radius 2 is 1.60 bits per heavy atom. The van der Waals surface area contributed by atoms with Crippen LogP contribution in [0.4, 0.5) is 0 Å². The summed E-state index contributed by atoms with van der Waals surface area (Å²) < 4.78 is 23.5. The third-order valence-electron chi connectivity index (χ3n) is 1.70. The molecule has 9 heteroatoms. The summed E-state index contributed by atoms with van der Waals surface area (Å²) in [6.45, 7) is 0. The van der Waals surface area contributed by atoms with Crippen LogP contribution in [0, 0.1) is 0 Å². The van der Waals surface area contributed by atoms with Crippen LogP contribution in [0.15, 0.2) is 13.2 Å². The van der Waals surface area contributed by atoms with Gasteiger partial charge in [0.25, 0.3) is 4.06 Å². The first-order chi connectivity index (χ1) is 7.09. The van der Waals surface area contributed by atoms with Crippen molar-refractivity contribution < 1.29 is 13.6 Å². The lowest BCUT2D eigenvalue weighted by atomic mass is 11.1. The number of thioether (sulfide) groups is 2. The standard InChI is InChI=1S/C6H7O4PS4/c1-9-11(8,10-2)6-14-3-4(15-6)13-5(7)12-3/h6H,1-2H3. The molecule has 0 atom stereocenters. The quantitative estimate of drug-likeness (QED) is 0.800. The second kappa shape index (κ2) is 4.52. The van der Waals surface area contributed by atoms with E-state index in [1.807, 2.05) is 0 Å². The predicted octanol–water partition coefficient (Wildman–Crippen LogP) is 3.14. The molecule has 15 heavy (non-hydrogen) atoms. The van der Waals surface area contributed by atoms with Gasteiger partial charge in [-0.1, -0.05) is 46.2 Å². The summed E-state index contributed by atoms with van der Waals surface area (Å²) in [5.74, 6) is 0. The molecule has 1 aliphatic heterocycles. The Balaban J connectivity index is 2.23. The van der Waals surface area contributed by atoms with E-state index in [1.54, 1.807) is 0 Å². The fourth-order valence-corrected chi connectivity index (χ4v) is 10.2. The van der Waals surface area contributed by atoms with Crippen molar-refractivity contribution in [3.63, 3.8) is 0 Å². The highest BCUT2D eigenvalue weighted by molar-refractivity contribution is 8.27. The molecule has 1 aliphatic rings. The summed E-state index contributed by atoms with van der Waals surface area (Å²) in [6, 6.07) is 0.